The van der Waals surface area contributed by atoms with Gasteiger partial charge in [0.05, 0.1) is 5.69 Å². The number of anilines is 2. The first-order valence-electron chi connectivity index (χ1n) is 10.9. The topological polar surface area (TPSA) is 57.2 Å². The number of nitrogens with one attached hydrogen (secondary N) is 1. The number of rotatable bonds is 2. The number of hydrogen-bond acceptors (Lipinski definition) is 5. The number of nitrogens with zero attached hydrogens (tertiary/aromatic N) is 3. The fourth-order valence-electron chi connectivity index (χ4n) is 4.82. The first-order valence-corrected chi connectivity index (χ1v) is 10.9. The Morgan fingerprint density at radius 1 is 1.10 bits per heavy atom. The van der Waals surface area contributed by atoms with Crippen LogP contribution in [0.15, 0.2) is 41.5 Å². The quantitative estimate of drug-likeness (QED) is 0.790. The van der Waals surface area contributed by atoms with Crippen molar-refractivity contribution in [3.8, 4) is 16.9 Å². The Bertz CT molecular complexity index is 1070. The zero-order chi connectivity index (χ0) is 21.7. The van der Waals surface area contributed by atoms with Crippen LogP contribution in [0.4, 0.5) is 15.8 Å². The predicted molar refractivity (Wildman–Crippen MR) is 120 cm³/mol. The van der Waals surface area contributed by atoms with E-state index in [4.69, 9.17) is 4.74 Å². The molecule has 3 aliphatic heterocycles. The average molecular weight is 423 g/mol. The molecule has 1 N–H and O–H groups in total. The Hall–Kier alpha value is -3.09. The third kappa shape index (κ3) is 3.32. The van der Waals surface area contributed by atoms with E-state index < -0.39 is 6.04 Å². The van der Waals surface area contributed by atoms with Crippen molar-refractivity contribution in [2.75, 3.05) is 23.0 Å². The van der Waals surface area contributed by atoms with Gasteiger partial charge in [-0.05, 0) is 50.8 Å². The van der Waals surface area contributed by atoms with Crippen molar-refractivity contribution in [2.45, 2.75) is 45.7 Å². The molecule has 31 heavy (non-hydrogen) atoms. The van der Waals surface area contributed by atoms with E-state index in [1.807, 2.05) is 30.0 Å². The van der Waals surface area contributed by atoms with Gasteiger partial charge in [-0.25, -0.2) is 9.82 Å². The Morgan fingerprint density at radius 3 is 2.71 bits per heavy atom. The van der Waals surface area contributed by atoms with Crippen LogP contribution >= 0.6 is 0 Å². The standard InChI is InChI=1S/C24H27FN4O2/c1-14-8-9-15(2)28(12-14)20-11-21-22(10-18(20)17-6-4-5-7-19(17)25)31-13-23-26-27-24(30)16(3)29(21)23/h4-7,10-11,14-16H,8-9,12-13H2,1-3H3,(H,27,30)/t14-,15-,16-/m1/s1. The van der Waals surface area contributed by atoms with Crippen molar-refractivity contribution in [1.29, 1.82) is 0 Å². The summed E-state index contributed by atoms with van der Waals surface area (Å²) in [5.41, 5.74) is 5.69. The molecule has 2 aromatic rings. The summed E-state index contributed by atoms with van der Waals surface area (Å²) in [6.45, 7) is 7.49. The fourth-order valence-corrected chi connectivity index (χ4v) is 4.82. The molecule has 1 fully saturated rings. The summed E-state index contributed by atoms with van der Waals surface area (Å²) in [6, 6.07) is 10.8. The number of carbonyl (C=O) groups is 1. The highest BCUT2D eigenvalue weighted by Gasteiger charge is 2.37. The van der Waals surface area contributed by atoms with Crippen molar-refractivity contribution in [1.82, 2.24) is 5.43 Å². The molecular formula is C24H27FN4O2. The molecule has 7 heteroatoms. The van der Waals surface area contributed by atoms with E-state index in [9.17, 15) is 9.18 Å². The molecule has 0 bridgehead atoms. The van der Waals surface area contributed by atoms with Crippen LogP contribution in [-0.2, 0) is 4.79 Å². The smallest absolute Gasteiger partial charge is 0.262 e. The van der Waals surface area contributed by atoms with Crippen LogP contribution in [0.1, 0.15) is 33.6 Å². The van der Waals surface area contributed by atoms with Gasteiger partial charge in [-0.1, -0.05) is 25.1 Å². The number of ether oxygens (including phenoxy) is 1. The van der Waals surface area contributed by atoms with E-state index in [0.29, 0.717) is 29.1 Å². The lowest BCUT2D eigenvalue weighted by atomic mass is 9.92. The highest BCUT2D eigenvalue weighted by atomic mass is 19.1. The Labute approximate surface area is 181 Å². The van der Waals surface area contributed by atoms with E-state index in [0.717, 1.165) is 29.9 Å². The van der Waals surface area contributed by atoms with Crippen molar-refractivity contribution in [2.24, 2.45) is 11.0 Å². The molecule has 1 amide bonds. The van der Waals surface area contributed by atoms with Crippen LogP contribution in [0, 0.1) is 11.7 Å². The van der Waals surface area contributed by atoms with E-state index in [2.05, 4.69) is 35.3 Å². The Kier molecular flexibility index (Phi) is 4.84. The van der Waals surface area contributed by atoms with Crippen LogP contribution < -0.4 is 20.0 Å². The maximum absolute atomic E-state index is 14.9. The molecule has 0 saturated carbocycles. The molecule has 3 aliphatic rings. The maximum atomic E-state index is 14.9. The van der Waals surface area contributed by atoms with Gasteiger partial charge < -0.3 is 14.5 Å². The van der Waals surface area contributed by atoms with Gasteiger partial charge in [0.2, 0.25) is 0 Å². The SMILES string of the molecule is C[C@@H]1CC[C@@H](C)N(c2cc3c(cc2-c2ccccc2F)OCC2=NNC(=O)[C@@H](C)N23)C1. The number of hydrogen-bond donors (Lipinski definition) is 1. The number of fused-ring (bicyclic) bond motifs is 3. The Morgan fingerprint density at radius 2 is 1.90 bits per heavy atom. The number of carbonyl (C=O) groups excluding carboxylic acids is 1. The molecule has 0 aliphatic carbocycles. The molecule has 3 heterocycles. The lowest BCUT2D eigenvalue weighted by Gasteiger charge is -2.42. The largest absolute Gasteiger partial charge is 0.483 e. The van der Waals surface area contributed by atoms with Gasteiger partial charge in [-0.3, -0.25) is 4.79 Å². The first kappa shape index (κ1) is 19.8. The van der Waals surface area contributed by atoms with E-state index in [1.165, 1.54) is 12.5 Å². The van der Waals surface area contributed by atoms with Crippen LogP contribution in [0.2, 0.25) is 0 Å². The van der Waals surface area contributed by atoms with Crippen molar-refractivity contribution < 1.29 is 13.9 Å². The van der Waals surface area contributed by atoms with E-state index >= 15 is 0 Å². The molecule has 6 nitrogen and oxygen atoms in total. The second kappa shape index (κ2) is 7.55. The summed E-state index contributed by atoms with van der Waals surface area (Å²) < 4.78 is 20.9. The lowest BCUT2D eigenvalue weighted by Crippen LogP contribution is -2.55. The summed E-state index contributed by atoms with van der Waals surface area (Å²) in [5.74, 6) is 1.44. The molecule has 0 radical (unpaired) electrons. The number of halogens is 1. The molecule has 0 spiro atoms. The van der Waals surface area contributed by atoms with Crippen LogP contribution in [0.5, 0.6) is 5.75 Å². The highest BCUT2D eigenvalue weighted by molar-refractivity contribution is 6.10. The summed E-state index contributed by atoms with van der Waals surface area (Å²) in [5, 5.41) is 4.19. The van der Waals surface area contributed by atoms with E-state index in [1.54, 1.807) is 6.07 Å². The highest BCUT2D eigenvalue weighted by Crippen LogP contribution is 2.45. The predicted octanol–water partition coefficient (Wildman–Crippen LogP) is 4.15. The van der Waals surface area contributed by atoms with Gasteiger partial charge in [0.25, 0.3) is 5.91 Å². The normalized spacial score (nSPS) is 25.2. The summed E-state index contributed by atoms with van der Waals surface area (Å²) in [4.78, 5) is 16.6. The molecule has 162 valence electrons. The Balaban J connectivity index is 1.71. The fraction of sp³-hybridized carbons (Fsp3) is 0.417. The molecule has 3 atom stereocenters. The minimum atomic E-state index is -0.403. The van der Waals surface area contributed by atoms with Gasteiger partial charge in [-0.15, -0.1) is 0 Å². The van der Waals surface area contributed by atoms with Crippen molar-refractivity contribution in [3.63, 3.8) is 0 Å². The zero-order valence-corrected chi connectivity index (χ0v) is 18.1. The molecule has 2 aromatic carbocycles. The lowest BCUT2D eigenvalue weighted by molar-refractivity contribution is -0.122. The zero-order valence-electron chi connectivity index (χ0n) is 18.1. The van der Waals surface area contributed by atoms with Crippen LogP contribution in [0.25, 0.3) is 11.1 Å². The van der Waals surface area contributed by atoms with Gasteiger partial charge in [-0.2, -0.15) is 5.10 Å². The molecule has 1 saturated heterocycles. The number of hydrazone groups is 1. The van der Waals surface area contributed by atoms with Gasteiger partial charge in [0, 0.05) is 29.4 Å². The van der Waals surface area contributed by atoms with Crippen LogP contribution in [-0.4, -0.2) is 37.0 Å². The number of piperidine rings is 1. The molecule has 5 rings (SSSR count). The summed E-state index contributed by atoms with van der Waals surface area (Å²) >= 11 is 0. The summed E-state index contributed by atoms with van der Waals surface area (Å²) in [7, 11) is 0. The minimum Gasteiger partial charge on any atom is -0.483 e. The van der Waals surface area contributed by atoms with Crippen molar-refractivity contribution >= 4 is 23.1 Å². The average Bonchev–Trinajstić information content (AvgIpc) is 2.77. The number of amides is 1. The van der Waals surface area contributed by atoms with Crippen molar-refractivity contribution in [3.05, 3.63) is 42.2 Å². The van der Waals surface area contributed by atoms with Gasteiger partial charge in [0.1, 0.15) is 24.2 Å². The second-order valence-electron chi connectivity index (χ2n) is 8.84. The molecule has 0 aromatic heterocycles. The maximum Gasteiger partial charge on any atom is 0.262 e. The minimum absolute atomic E-state index is 0.156. The second-order valence-corrected chi connectivity index (χ2v) is 8.84. The number of benzene rings is 2. The monoisotopic (exact) mass is 422 g/mol. The first-order chi connectivity index (χ1) is 14.9. The third-order valence-electron chi connectivity index (χ3n) is 6.62. The van der Waals surface area contributed by atoms with Crippen LogP contribution in [0.3, 0.4) is 0 Å². The molecular weight excluding hydrogens is 395 g/mol. The third-order valence-corrected chi connectivity index (χ3v) is 6.62. The summed E-state index contributed by atoms with van der Waals surface area (Å²) in [6.07, 6.45) is 2.27. The van der Waals surface area contributed by atoms with Gasteiger partial charge >= 0.3 is 0 Å². The van der Waals surface area contributed by atoms with E-state index in [-0.39, 0.29) is 18.3 Å². The molecule has 0 unspecified atom stereocenters. The van der Waals surface area contributed by atoms with Gasteiger partial charge in [0.15, 0.2) is 5.84 Å². The number of amidine groups is 1.